The van der Waals surface area contributed by atoms with E-state index >= 15 is 0 Å². The zero-order chi connectivity index (χ0) is 15.7. The van der Waals surface area contributed by atoms with Crippen molar-refractivity contribution in [2.24, 2.45) is 0 Å². The Balaban J connectivity index is 0.000000677. The van der Waals surface area contributed by atoms with Crippen LogP contribution in [0.4, 0.5) is 10.1 Å². The summed E-state index contributed by atoms with van der Waals surface area (Å²) in [6, 6.07) is 7.30. The van der Waals surface area contributed by atoms with E-state index in [2.05, 4.69) is 4.90 Å². The molecule has 4 nitrogen and oxygen atoms in total. The van der Waals surface area contributed by atoms with Gasteiger partial charge in [-0.3, -0.25) is 0 Å². The summed E-state index contributed by atoms with van der Waals surface area (Å²) >= 11 is 0. The number of benzene rings is 1. The Morgan fingerprint density at radius 2 is 1.81 bits per heavy atom. The monoisotopic (exact) mass is 297 g/mol. The minimum Gasteiger partial charge on any atom is -0.462 e. The summed E-state index contributed by atoms with van der Waals surface area (Å²) in [7, 11) is 0. The van der Waals surface area contributed by atoms with E-state index in [0.29, 0.717) is 25.0 Å². The molecule has 118 valence electrons. The molecule has 0 aromatic heterocycles. The van der Waals surface area contributed by atoms with Crippen molar-refractivity contribution in [1.29, 1.82) is 0 Å². The molecule has 0 aliphatic carbocycles. The van der Waals surface area contributed by atoms with Gasteiger partial charge in [-0.05, 0) is 51.0 Å². The topological polar surface area (TPSA) is 49.8 Å². The van der Waals surface area contributed by atoms with Crippen molar-refractivity contribution < 1.29 is 19.0 Å². The zero-order valence-electron chi connectivity index (χ0n) is 12.7. The van der Waals surface area contributed by atoms with Gasteiger partial charge in [-0.15, -0.1) is 0 Å². The summed E-state index contributed by atoms with van der Waals surface area (Å²) in [6.45, 7) is 5.57. The first-order chi connectivity index (χ1) is 10.1. The van der Waals surface area contributed by atoms with Crippen LogP contribution in [-0.2, 0) is 4.74 Å². The Kier molecular flexibility index (Phi) is 7.75. The minimum atomic E-state index is -0.667. The van der Waals surface area contributed by atoms with Gasteiger partial charge in [0, 0.05) is 25.4 Å². The predicted octanol–water partition coefficient (Wildman–Crippen LogP) is 2.80. The Morgan fingerprint density at radius 1 is 1.29 bits per heavy atom. The average Bonchev–Trinajstić information content (AvgIpc) is 2.49. The molecule has 1 aromatic rings. The van der Waals surface area contributed by atoms with Gasteiger partial charge in [0.1, 0.15) is 6.17 Å². The number of ether oxygens (including phenoxy) is 1. The van der Waals surface area contributed by atoms with E-state index < -0.39 is 6.17 Å². The van der Waals surface area contributed by atoms with Crippen molar-refractivity contribution in [1.82, 2.24) is 0 Å². The predicted molar refractivity (Wildman–Crippen MR) is 81.5 cm³/mol. The van der Waals surface area contributed by atoms with E-state index in [1.54, 1.807) is 26.0 Å². The third kappa shape index (κ3) is 5.71. The molecule has 1 fully saturated rings. The number of rotatable bonds is 3. The number of nitrogens with zero attached hydrogens (tertiary/aromatic N) is 1. The largest absolute Gasteiger partial charge is 0.462 e. The van der Waals surface area contributed by atoms with Crippen molar-refractivity contribution in [3.63, 3.8) is 0 Å². The number of carbonyl (C=O) groups excluding carboxylic acids is 1. The molecule has 0 unspecified atom stereocenters. The van der Waals surface area contributed by atoms with Crippen molar-refractivity contribution in [2.75, 3.05) is 31.2 Å². The molecule has 0 radical (unpaired) electrons. The summed E-state index contributed by atoms with van der Waals surface area (Å²) in [5.41, 5.74) is 1.59. The number of carbonyl (C=O) groups is 1. The maximum absolute atomic E-state index is 13.0. The molecule has 0 atom stereocenters. The highest BCUT2D eigenvalue weighted by Crippen LogP contribution is 2.21. The van der Waals surface area contributed by atoms with Crippen molar-refractivity contribution in [2.45, 2.75) is 32.9 Å². The number of alkyl halides is 1. The van der Waals surface area contributed by atoms with Crippen LogP contribution in [0.15, 0.2) is 24.3 Å². The molecule has 1 N–H and O–H groups in total. The van der Waals surface area contributed by atoms with Crippen molar-refractivity contribution >= 4 is 11.7 Å². The van der Waals surface area contributed by atoms with E-state index in [1.807, 2.05) is 12.1 Å². The van der Waals surface area contributed by atoms with Crippen LogP contribution in [0.3, 0.4) is 0 Å². The van der Waals surface area contributed by atoms with Crippen LogP contribution in [0.1, 0.15) is 37.0 Å². The second-order valence-corrected chi connectivity index (χ2v) is 4.75. The lowest BCUT2D eigenvalue weighted by molar-refractivity contribution is 0.0526. The molecule has 1 aliphatic heterocycles. The Labute approximate surface area is 125 Å². The molecule has 0 spiro atoms. The minimum absolute atomic E-state index is 0.250. The van der Waals surface area contributed by atoms with Gasteiger partial charge in [0.25, 0.3) is 0 Å². The number of hydrogen-bond donors (Lipinski definition) is 1. The summed E-state index contributed by atoms with van der Waals surface area (Å²) in [6.07, 6.45) is 0.499. The lowest BCUT2D eigenvalue weighted by Gasteiger charge is -2.30. The normalized spacial score (nSPS) is 15.1. The third-order valence-corrected chi connectivity index (χ3v) is 3.17. The van der Waals surface area contributed by atoms with Crippen LogP contribution >= 0.6 is 0 Å². The van der Waals surface area contributed by atoms with Crippen molar-refractivity contribution in [3.8, 4) is 0 Å². The fourth-order valence-corrected chi connectivity index (χ4v) is 2.13. The molecule has 21 heavy (non-hydrogen) atoms. The van der Waals surface area contributed by atoms with Crippen LogP contribution in [0, 0.1) is 0 Å². The second kappa shape index (κ2) is 9.34. The highest BCUT2D eigenvalue weighted by Gasteiger charge is 2.18. The van der Waals surface area contributed by atoms with Gasteiger partial charge in [0.2, 0.25) is 0 Å². The SMILES string of the molecule is CCO.CCOC(=O)c1ccc(N2CCC(F)CC2)cc1. The standard InChI is InChI=1S/C14H18FNO2.C2H6O/c1-2-18-14(17)11-3-5-13(6-4-11)16-9-7-12(15)8-10-16;1-2-3/h3-6,12H,2,7-10H2,1H3;3H,2H2,1H3. The van der Waals surface area contributed by atoms with Gasteiger partial charge in [-0.25, -0.2) is 9.18 Å². The molecular weight excluding hydrogens is 273 g/mol. The molecule has 0 saturated carbocycles. The smallest absolute Gasteiger partial charge is 0.338 e. The fraction of sp³-hybridized carbons (Fsp3) is 0.562. The summed E-state index contributed by atoms with van der Waals surface area (Å²) < 4.78 is 18.0. The Hall–Kier alpha value is -1.62. The van der Waals surface area contributed by atoms with Crippen LogP contribution in [0.5, 0.6) is 0 Å². The van der Waals surface area contributed by atoms with Crippen LogP contribution in [0.2, 0.25) is 0 Å². The lowest BCUT2D eigenvalue weighted by Crippen LogP contribution is -2.34. The molecule has 0 bridgehead atoms. The van der Waals surface area contributed by atoms with Gasteiger partial charge >= 0.3 is 5.97 Å². The van der Waals surface area contributed by atoms with E-state index in [-0.39, 0.29) is 12.6 Å². The maximum atomic E-state index is 13.0. The first kappa shape index (κ1) is 17.4. The van der Waals surface area contributed by atoms with Crippen LogP contribution < -0.4 is 4.90 Å². The zero-order valence-corrected chi connectivity index (χ0v) is 12.7. The molecule has 1 saturated heterocycles. The molecule has 2 rings (SSSR count). The number of halogens is 1. The maximum Gasteiger partial charge on any atom is 0.338 e. The molecular formula is C16H24FNO3. The number of aliphatic hydroxyl groups excluding tert-OH is 1. The van der Waals surface area contributed by atoms with Gasteiger partial charge in [-0.1, -0.05) is 0 Å². The van der Waals surface area contributed by atoms with Gasteiger partial charge in [0.15, 0.2) is 0 Å². The Bertz CT molecular complexity index is 414. The molecule has 1 aliphatic rings. The van der Waals surface area contributed by atoms with Gasteiger partial charge in [-0.2, -0.15) is 0 Å². The summed E-state index contributed by atoms with van der Waals surface area (Å²) in [4.78, 5) is 13.6. The number of aliphatic hydroxyl groups is 1. The molecule has 5 heteroatoms. The van der Waals surface area contributed by atoms with Gasteiger partial charge in [0.05, 0.1) is 12.2 Å². The Morgan fingerprint density at radius 3 is 2.29 bits per heavy atom. The number of piperidine rings is 1. The van der Waals surface area contributed by atoms with E-state index in [0.717, 1.165) is 18.8 Å². The summed E-state index contributed by atoms with van der Waals surface area (Å²) in [5.74, 6) is -0.300. The highest BCUT2D eigenvalue weighted by atomic mass is 19.1. The van der Waals surface area contributed by atoms with Crippen molar-refractivity contribution in [3.05, 3.63) is 29.8 Å². The molecule has 0 amide bonds. The number of esters is 1. The van der Waals surface area contributed by atoms with Crippen LogP contribution in [0.25, 0.3) is 0 Å². The summed E-state index contributed by atoms with van der Waals surface area (Å²) in [5, 5.41) is 7.57. The van der Waals surface area contributed by atoms with Crippen LogP contribution in [-0.4, -0.2) is 43.6 Å². The molecule has 1 aromatic carbocycles. The number of hydrogen-bond acceptors (Lipinski definition) is 4. The highest BCUT2D eigenvalue weighted by molar-refractivity contribution is 5.89. The first-order valence-electron chi connectivity index (χ1n) is 7.39. The van der Waals surface area contributed by atoms with E-state index in [9.17, 15) is 9.18 Å². The lowest BCUT2D eigenvalue weighted by atomic mass is 10.1. The second-order valence-electron chi connectivity index (χ2n) is 4.75. The van der Waals surface area contributed by atoms with Gasteiger partial charge < -0.3 is 14.7 Å². The average molecular weight is 297 g/mol. The third-order valence-electron chi connectivity index (χ3n) is 3.17. The number of anilines is 1. The first-order valence-corrected chi connectivity index (χ1v) is 7.39. The quantitative estimate of drug-likeness (QED) is 0.872. The van der Waals surface area contributed by atoms with E-state index in [4.69, 9.17) is 9.84 Å². The molecule has 1 heterocycles. The fourth-order valence-electron chi connectivity index (χ4n) is 2.13. The van der Waals surface area contributed by atoms with E-state index in [1.165, 1.54) is 0 Å².